The molecule has 104 valence electrons. The molecule has 0 fully saturated rings. The molecule has 0 bridgehead atoms. The van der Waals surface area contributed by atoms with Crippen LogP contribution in [0, 0.1) is 0 Å². The van der Waals surface area contributed by atoms with Crippen molar-refractivity contribution < 1.29 is 4.79 Å². The number of carbonyl (C=O) groups excluding carboxylic acids is 1. The van der Waals surface area contributed by atoms with Crippen LogP contribution in [0.5, 0.6) is 0 Å². The lowest BCUT2D eigenvalue weighted by Crippen LogP contribution is -2.17. The van der Waals surface area contributed by atoms with Gasteiger partial charge in [0.2, 0.25) is 5.95 Å². The second kappa shape index (κ2) is 6.47. The summed E-state index contributed by atoms with van der Waals surface area (Å²) in [4.78, 5) is 20.4. The van der Waals surface area contributed by atoms with Crippen molar-refractivity contribution in [3.05, 3.63) is 46.7 Å². The number of hydrogen-bond donors (Lipinski definition) is 2. The van der Waals surface area contributed by atoms with Crippen LogP contribution in [-0.2, 0) is 0 Å². The van der Waals surface area contributed by atoms with E-state index in [2.05, 4.69) is 36.5 Å². The Kier molecular flexibility index (Phi) is 4.68. The SMILES string of the molecule is CC(C)Nc1nccc(C(=O)Nc2ccc(Br)cc2)n1. The minimum Gasteiger partial charge on any atom is -0.352 e. The second-order valence-corrected chi connectivity index (χ2v) is 5.44. The zero-order chi connectivity index (χ0) is 14.5. The molecule has 0 saturated carbocycles. The van der Waals surface area contributed by atoms with Crippen molar-refractivity contribution in [3.8, 4) is 0 Å². The summed E-state index contributed by atoms with van der Waals surface area (Å²) in [5.41, 5.74) is 1.04. The molecule has 0 spiro atoms. The monoisotopic (exact) mass is 334 g/mol. The van der Waals surface area contributed by atoms with Gasteiger partial charge in [-0.25, -0.2) is 9.97 Å². The van der Waals surface area contributed by atoms with Gasteiger partial charge in [-0.2, -0.15) is 0 Å². The summed E-state index contributed by atoms with van der Waals surface area (Å²) >= 11 is 3.35. The number of carbonyl (C=O) groups is 1. The van der Waals surface area contributed by atoms with Gasteiger partial charge in [0.15, 0.2) is 0 Å². The predicted molar refractivity (Wildman–Crippen MR) is 82.9 cm³/mol. The van der Waals surface area contributed by atoms with Crippen molar-refractivity contribution in [1.29, 1.82) is 0 Å². The molecule has 0 aliphatic carbocycles. The van der Waals surface area contributed by atoms with Gasteiger partial charge in [0, 0.05) is 22.4 Å². The van der Waals surface area contributed by atoms with E-state index in [0.29, 0.717) is 11.6 Å². The van der Waals surface area contributed by atoms with Crippen LogP contribution in [-0.4, -0.2) is 21.9 Å². The Morgan fingerprint density at radius 2 is 1.90 bits per heavy atom. The fourth-order valence-electron chi connectivity index (χ4n) is 1.54. The maximum Gasteiger partial charge on any atom is 0.274 e. The zero-order valence-corrected chi connectivity index (χ0v) is 12.8. The van der Waals surface area contributed by atoms with Crippen LogP contribution in [0.2, 0.25) is 0 Å². The molecule has 0 unspecified atom stereocenters. The van der Waals surface area contributed by atoms with Crippen molar-refractivity contribution in [2.75, 3.05) is 10.6 Å². The molecule has 0 atom stereocenters. The third kappa shape index (κ3) is 4.03. The van der Waals surface area contributed by atoms with E-state index in [4.69, 9.17) is 0 Å². The summed E-state index contributed by atoms with van der Waals surface area (Å²) in [5.74, 6) is 0.185. The first kappa shape index (κ1) is 14.5. The first-order chi connectivity index (χ1) is 9.54. The largest absolute Gasteiger partial charge is 0.352 e. The van der Waals surface area contributed by atoms with Crippen molar-refractivity contribution in [3.63, 3.8) is 0 Å². The molecule has 0 aliphatic heterocycles. The van der Waals surface area contributed by atoms with E-state index in [1.807, 2.05) is 38.1 Å². The number of amides is 1. The number of benzene rings is 1. The van der Waals surface area contributed by atoms with Crippen LogP contribution >= 0.6 is 15.9 Å². The first-order valence-corrected chi connectivity index (χ1v) is 7.00. The first-order valence-electron chi connectivity index (χ1n) is 6.21. The highest BCUT2D eigenvalue weighted by Crippen LogP contribution is 2.15. The summed E-state index contributed by atoms with van der Waals surface area (Å²) in [6.07, 6.45) is 1.56. The van der Waals surface area contributed by atoms with Gasteiger partial charge < -0.3 is 10.6 Å². The Morgan fingerprint density at radius 3 is 2.55 bits per heavy atom. The lowest BCUT2D eigenvalue weighted by atomic mass is 10.3. The van der Waals surface area contributed by atoms with Gasteiger partial charge >= 0.3 is 0 Å². The molecule has 5 nitrogen and oxygen atoms in total. The van der Waals surface area contributed by atoms with Crippen molar-refractivity contribution >= 4 is 33.5 Å². The van der Waals surface area contributed by atoms with Gasteiger partial charge in [-0.1, -0.05) is 15.9 Å². The van der Waals surface area contributed by atoms with Crippen LogP contribution in [0.15, 0.2) is 41.0 Å². The third-order valence-corrected chi connectivity index (χ3v) is 2.94. The number of halogens is 1. The molecule has 1 heterocycles. The molecule has 0 aliphatic rings. The van der Waals surface area contributed by atoms with Gasteiger partial charge in [-0.05, 0) is 44.2 Å². The number of hydrogen-bond acceptors (Lipinski definition) is 4. The fourth-order valence-corrected chi connectivity index (χ4v) is 1.81. The van der Waals surface area contributed by atoms with Crippen LogP contribution < -0.4 is 10.6 Å². The van der Waals surface area contributed by atoms with Crippen LogP contribution in [0.4, 0.5) is 11.6 Å². The summed E-state index contributed by atoms with van der Waals surface area (Å²) in [7, 11) is 0. The van der Waals surface area contributed by atoms with Gasteiger partial charge in [-0.15, -0.1) is 0 Å². The maximum atomic E-state index is 12.1. The quantitative estimate of drug-likeness (QED) is 0.900. The summed E-state index contributed by atoms with van der Waals surface area (Å²) in [5, 5.41) is 5.85. The highest BCUT2D eigenvalue weighted by molar-refractivity contribution is 9.10. The molecule has 1 aromatic heterocycles. The molecule has 0 saturated heterocycles. The second-order valence-electron chi connectivity index (χ2n) is 4.53. The average Bonchev–Trinajstić information content (AvgIpc) is 2.41. The van der Waals surface area contributed by atoms with Gasteiger partial charge in [-0.3, -0.25) is 4.79 Å². The van der Waals surface area contributed by atoms with E-state index in [1.165, 1.54) is 0 Å². The summed E-state index contributed by atoms with van der Waals surface area (Å²) < 4.78 is 0.959. The van der Waals surface area contributed by atoms with E-state index in [9.17, 15) is 4.79 Å². The van der Waals surface area contributed by atoms with Gasteiger partial charge in [0.25, 0.3) is 5.91 Å². The third-order valence-electron chi connectivity index (χ3n) is 2.41. The number of nitrogens with one attached hydrogen (secondary N) is 2. The highest BCUT2D eigenvalue weighted by atomic mass is 79.9. The normalized spacial score (nSPS) is 10.4. The molecule has 6 heteroatoms. The maximum absolute atomic E-state index is 12.1. The van der Waals surface area contributed by atoms with Crippen molar-refractivity contribution in [1.82, 2.24) is 9.97 Å². The lowest BCUT2D eigenvalue weighted by molar-refractivity contribution is 0.102. The van der Waals surface area contributed by atoms with Gasteiger partial charge in [0.1, 0.15) is 5.69 Å². The summed E-state index contributed by atoms with van der Waals surface area (Å²) in [6, 6.07) is 9.15. The van der Waals surface area contributed by atoms with Crippen LogP contribution in [0.25, 0.3) is 0 Å². The molecule has 1 aromatic carbocycles. The fraction of sp³-hybridized carbons (Fsp3) is 0.214. The topological polar surface area (TPSA) is 66.9 Å². The van der Waals surface area contributed by atoms with Crippen LogP contribution in [0.3, 0.4) is 0 Å². The van der Waals surface area contributed by atoms with E-state index >= 15 is 0 Å². The Balaban J connectivity index is 2.10. The molecule has 20 heavy (non-hydrogen) atoms. The Bertz CT molecular complexity index is 598. The number of nitrogens with zero attached hydrogens (tertiary/aromatic N) is 2. The Morgan fingerprint density at radius 1 is 1.20 bits per heavy atom. The molecular formula is C14H15BrN4O. The van der Waals surface area contributed by atoms with Gasteiger partial charge in [0.05, 0.1) is 0 Å². The van der Waals surface area contributed by atoms with E-state index < -0.39 is 0 Å². The van der Waals surface area contributed by atoms with E-state index in [1.54, 1.807) is 12.3 Å². The lowest BCUT2D eigenvalue weighted by Gasteiger charge is -2.09. The standard InChI is InChI=1S/C14H15BrN4O/c1-9(2)17-14-16-8-7-12(19-14)13(20)18-11-5-3-10(15)4-6-11/h3-9H,1-2H3,(H,18,20)(H,16,17,19). The number of aromatic nitrogens is 2. The average molecular weight is 335 g/mol. The molecule has 2 N–H and O–H groups in total. The van der Waals surface area contributed by atoms with E-state index in [0.717, 1.165) is 10.2 Å². The Hall–Kier alpha value is -1.95. The summed E-state index contributed by atoms with van der Waals surface area (Å²) in [6.45, 7) is 3.97. The van der Waals surface area contributed by atoms with Crippen molar-refractivity contribution in [2.45, 2.75) is 19.9 Å². The van der Waals surface area contributed by atoms with E-state index in [-0.39, 0.29) is 11.9 Å². The highest BCUT2D eigenvalue weighted by Gasteiger charge is 2.09. The number of rotatable bonds is 4. The molecule has 2 aromatic rings. The van der Waals surface area contributed by atoms with Crippen LogP contribution in [0.1, 0.15) is 24.3 Å². The predicted octanol–water partition coefficient (Wildman–Crippen LogP) is 3.31. The zero-order valence-electron chi connectivity index (χ0n) is 11.2. The Labute approximate surface area is 126 Å². The minimum absolute atomic E-state index is 0.208. The molecule has 2 rings (SSSR count). The van der Waals surface area contributed by atoms with Crippen molar-refractivity contribution in [2.24, 2.45) is 0 Å². The molecular weight excluding hydrogens is 320 g/mol. The number of anilines is 2. The molecule has 0 radical (unpaired) electrons. The minimum atomic E-state index is -0.262. The molecule has 1 amide bonds. The smallest absolute Gasteiger partial charge is 0.274 e.